The summed E-state index contributed by atoms with van der Waals surface area (Å²) in [7, 11) is 0. The van der Waals surface area contributed by atoms with Crippen molar-refractivity contribution in [2.45, 2.75) is 19.3 Å². The molecule has 0 unspecified atom stereocenters. The molecule has 0 aromatic rings. The summed E-state index contributed by atoms with van der Waals surface area (Å²) in [6, 6.07) is 0. The molecule has 1 rings (SSSR count). The van der Waals surface area contributed by atoms with Gasteiger partial charge in [0.25, 0.3) is 0 Å². The van der Waals surface area contributed by atoms with Crippen molar-refractivity contribution < 1.29 is 0 Å². The summed E-state index contributed by atoms with van der Waals surface area (Å²) in [6.07, 6.45) is 28.5. The molecule has 15 heavy (non-hydrogen) atoms. The van der Waals surface area contributed by atoms with E-state index in [1.807, 2.05) is 30.4 Å². The Morgan fingerprint density at radius 2 is 0.933 bits per heavy atom. The third kappa shape index (κ3) is 7.51. The van der Waals surface area contributed by atoms with Crippen molar-refractivity contribution in [1.82, 2.24) is 0 Å². The minimum Gasteiger partial charge on any atom is -0.0879 e. The van der Waals surface area contributed by atoms with E-state index in [-0.39, 0.29) is 0 Å². The van der Waals surface area contributed by atoms with Crippen LogP contribution in [0.1, 0.15) is 19.3 Å². The predicted octanol–water partition coefficient (Wildman–Crippen LogP) is 4.51. The number of rotatable bonds is 0. The predicted molar refractivity (Wildman–Crippen MR) is 68.7 cm³/mol. The fourth-order valence-electron chi connectivity index (χ4n) is 1.20. The second-order valence-electron chi connectivity index (χ2n) is 3.30. The average molecular weight is 198 g/mol. The van der Waals surface area contributed by atoms with Gasteiger partial charge in [0.2, 0.25) is 0 Å². The van der Waals surface area contributed by atoms with Gasteiger partial charge in [-0.1, -0.05) is 72.9 Å². The van der Waals surface area contributed by atoms with E-state index in [1.54, 1.807) is 0 Å². The molecule has 0 nitrogen and oxygen atoms in total. The average Bonchev–Trinajstić information content (AvgIpc) is 2.27. The molecule has 0 saturated carbocycles. The molecule has 1 aliphatic rings. The molecule has 0 aliphatic heterocycles. The maximum atomic E-state index is 2.24. The molecule has 0 heteroatoms. The van der Waals surface area contributed by atoms with Gasteiger partial charge in [0.15, 0.2) is 0 Å². The van der Waals surface area contributed by atoms with Crippen molar-refractivity contribution in [1.29, 1.82) is 0 Å². The van der Waals surface area contributed by atoms with Gasteiger partial charge in [0.1, 0.15) is 0 Å². The van der Waals surface area contributed by atoms with E-state index in [4.69, 9.17) is 0 Å². The number of hydrogen-bond acceptors (Lipinski definition) is 0. The first-order chi connectivity index (χ1) is 7.50. The van der Waals surface area contributed by atoms with Crippen molar-refractivity contribution in [3.8, 4) is 0 Å². The summed E-state index contributed by atoms with van der Waals surface area (Å²) in [5.41, 5.74) is 0. The molecule has 0 atom stereocenters. The van der Waals surface area contributed by atoms with Crippen LogP contribution in [0.2, 0.25) is 0 Å². The first kappa shape index (κ1) is 11.5. The Morgan fingerprint density at radius 1 is 0.400 bits per heavy atom. The monoisotopic (exact) mass is 198 g/mol. The molecular formula is C15H18. The Morgan fingerprint density at radius 3 is 1.67 bits per heavy atom. The minimum absolute atomic E-state index is 1.02. The third-order valence-electron chi connectivity index (χ3n) is 1.99. The highest BCUT2D eigenvalue weighted by molar-refractivity contribution is 5.18. The van der Waals surface area contributed by atoms with Gasteiger partial charge >= 0.3 is 0 Å². The van der Waals surface area contributed by atoms with Gasteiger partial charge < -0.3 is 0 Å². The molecule has 0 N–H and O–H groups in total. The summed E-state index contributed by atoms with van der Waals surface area (Å²) in [5.74, 6) is 0. The lowest BCUT2D eigenvalue weighted by atomic mass is 10.2. The largest absolute Gasteiger partial charge is 0.0879 e. The topological polar surface area (TPSA) is 0 Å². The van der Waals surface area contributed by atoms with Crippen LogP contribution in [0.5, 0.6) is 0 Å². The zero-order valence-corrected chi connectivity index (χ0v) is 9.05. The molecule has 0 heterocycles. The standard InChI is InChI=1S/C15H18/c1-2-4-6-8-10-12-14-15-13-11-9-7-5-3-1/h1-10,13,15H,11-12,14H2/b2-1?,5-3?,6-4-,9-7-,10-8-,15-13-. The van der Waals surface area contributed by atoms with Crippen molar-refractivity contribution in [2.24, 2.45) is 0 Å². The van der Waals surface area contributed by atoms with E-state index in [2.05, 4.69) is 42.5 Å². The molecule has 0 spiro atoms. The van der Waals surface area contributed by atoms with Crippen LogP contribution in [-0.2, 0) is 0 Å². The van der Waals surface area contributed by atoms with Gasteiger partial charge in [-0.15, -0.1) is 0 Å². The van der Waals surface area contributed by atoms with Crippen LogP contribution in [0.3, 0.4) is 0 Å². The Labute approximate surface area is 92.7 Å². The van der Waals surface area contributed by atoms with Gasteiger partial charge in [0.05, 0.1) is 0 Å². The van der Waals surface area contributed by atoms with Crippen molar-refractivity contribution in [2.75, 3.05) is 0 Å². The SMILES string of the molecule is C1=C/C=C\C=C/CC/C=C\C/C=C\C=C1. The van der Waals surface area contributed by atoms with Gasteiger partial charge in [-0.3, -0.25) is 0 Å². The number of allylic oxidation sites excluding steroid dienone is 12. The zero-order chi connectivity index (χ0) is 10.6. The van der Waals surface area contributed by atoms with Crippen LogP contribution in [-0.4, -0.2) is 0 Å². The smallest absolute Gasteiger partial charge is 0.0166 e. The Bertz CT molecular complexity index is 309. The van der Waals surface area contributed by atoms with E-state index in [0.29, 0.717) is 0 Å². The molecule has 0 saturated heterocycles. The maximum Gasteiger partial charge on any atom is -0.0166 e. The molecule has 0 aromatic heterocycles. The van der Waals surface area contributed by atoms with E-state index in [1.165, 1.54) is 0 Å². The highest BCUT2D eigenvalue weighted by Gasteiger charge is 1.76. The van der Waals surface area contributed by atoms with Crippen molar-refractivity contribution in [3.05, 3.63) is 72.9 Å². The van der Waals surface area contributed by atoms with Gasteiger partial charge in [-0.25, -0.2) is 0 Å². The van der Waals surface area contributed by atoms with Crippen LogP contribution in [0.4, 0.5) is 0 Å². The number of hydrogen-bond donors (Lipinski definition) is 0. The van der Waals surface area contributed by atoms with E-state index in [9.17, 15) is 0 Å². The van der Waals surface area contributed by atoms with Crippen LogP contribution >= 0.6 is 0 Å². The lowest BCUT2D eigenvalue weighted by Crippen LogP contribution is -1.64. The van der Waals surface area contributed by atoms with E-state index in [0.717, 1.165) is 19.3 Å². The Balaban J connectivity index is 2.51. The maximum absolute atomic E-state index is 2.24. The highest BCUT2D eigenvalue weighted by Crippen LogP contribution is 1.96. The molecule has 0 radical (unpaired) electrons. The van der Waals surface area contributed by atoms with Gasteiger partial charge in [-0.2, -0.15) is 0 Å². The van der Waals surface area contributed by atoms with Crippen LogP contribution < -0.4 is 0 Å². The first-order valence-corrected chi connectivity index (χ1v) is 5.47. The normalized spacial score (nSPS) is 26.1. The summed E-state index contributed by atoms with van der Waals surface area (Å²) in [6.45, 7) is 0. The molecular weight excluding hydrogens is 180 g/mol. The molecule has 0 fully saturated rings. The van der Waals surface area contributed by atoms with Crippen LogP contribution in [0.15, 0.2) is 72.9 Å². The summed E-state index contributed by atoms with van der Waals surface area (Å²) in [5, 5.41) is 0. The molecule has 0 bridgehead atoms. The second kappa shape index (κ2) is 9.01. The highest BCUT2D eigenvalue weighted by atomic mass is 13.8. The fraction of sp³-hybridized carbons (Fsp3) is 0.200. The fourth-order valence-corrected chi connectivity index (χ4v) is 1.20. The third-order valence-corrected chi connectivity index (χ3v) is 1.99. The molecule has 0 aromatic carbocycles. The summed E-state index contributed by atoms with van der Waals surface area (Å²) in [4.78, 5) is 0. The first-order valence-electron chi connectivity index (χ1n) is 5.47. The van der Waals surface area contributed by atoms with Gasteiger partial charge in [-0.05, 0) is 19.3 Å². The van der Waals surface area contributed by atoms with E-state index < -0.39 is 0 Å². The molecule has 78 valence electrons. The summed E-state index contributed by atoms with van der Waals surface area (Å²) >= 11 is 0. The zero-order valence-electron chi connectivity index (χ0n) is 9.05. The van der Waals surface area contributed by atoms with E-state index >= 15 is 0 Å². The second-order valence-corrected chi connectivity index (χ2v) is 3.30. The quantitative estimate of drug-likeness (QED) is 0.502. The molecule has 1 aliphatic carbocycles. The van der Waals surface area contributed by atoms with Crippen molar-refractivity contribution >= 4 is 0 Å². The lowest BCUT2D eigenvalue weighted by molar-refractivity contribution is 1.04. The van der Waals surface area contributed by atoms with Crippen molar-refractivity contribution in [3.63, 3.8) is 0 Å². The Hall–Kier alpha value is -1.56. The van der Waals surface area contributed by atoms with Gasteiger partial charge in [0, 0.05) is 0 Å². The minimum atomic E-state index is 1.02. The Kier molecular flexibility index (Phi) is 6.92. The van der Waals surface area contributed by atoms with Crippen LogP contribution in [0.25, 0.3) is 0 Å². The molecule has 0 amide bonds. The lowest BCUT2D eigenvalue weighted by Gasteiger charge is -1.85. The summed E-state index contributed by atoms with van der Waals surface area (Å²) < 4.78 is 0. The van der Waals surface area contributed by atoms with Crippen LogP contribution in [0, 0.1) is 0 Å².